The molecule has 0 aliphatic heterocycles. The molecule has 0 bridgehead atoms. The van der Waals surface area contributed by atoms with Gasteiger partial charge in [0.15, 0.2) is 5.78 Å². The predicted octanol–water partition coefficient (Wildman–Crippen LogP) is 3.78. The van der Waals surface area contributed by atoms with Crippen LogP contribution in [0.1, 0.15) is 37.0 Å². The molecule has 0 heterocycles. The van der Waals surface area contributed by atoms with Crippen molar-refractivity contribution in [1.29, 1.82) is 0 Å². The molecule has 0 radical (unpaired) electrons. The van der Waals surface area contributed by atoms with Crippen LogP contribution in [0.25, 0.3) is 0 Å². The maximum absolute atomic E-state index is 11.8. The summed E-state index contributed by atoms with van der Waals surface area (Å²) in [6.45, 7) is 3.65. The molecule has 3 nitrogen and oxygen atoms in total. The molecule has 112 valence electrons. The minimum absolute atomic E-state index is 0.211. The Hall–Kier alpha value is -1.85. The summed E-state index contributed by atoms with van der Waals surface area (Å²) in [5.74, 6) is -0.680. The zero-order valence-corrected chi connectivity index (χ0v) is 11.4. The Bertz CT molecular complexity index is 413. The second-order valence-electron chi connectivity index (χ2n) is 3.83. The van der Waals surface area contributed by atoms with E-state index in [2.05, 4.69) is 4.74 Å². The van der Waals surface area contributed by atoms with Gasteiger partial charge in [0, 0.05) is 18.9 Å². The Morgan fingerprint density at radius 1 is 1.15 bits per heavy atom. The second kappa shape index (κ2) is 9.12. The number of halogens is 3. The van der Waals surface area contributed by atoms with Crippen LogP contribution in [0.2, 0.25) is 0 Å². The lowest BCUT2D eigenvalue weighted by atomic mass is 10.1. The topological polar surface area (TPSA) is 43.4 Å². The molecule has 1 aromatic rings. The van der Waals surface area contributed by atoms with Gasteiger partial charge in [0.05, 0.1) is 13.0 Å². The van der Waals surface area contributed by atoms with E-state index in [0.29, 0.717) is 12.2 Å². The fourth-order valence-electron chi connectivity index (χ4n) is 1.23. The van der Waals surface area contributed by atoms with Crippen molar-refractivity contribution >= 4 is 11.8 Å². The van der Waals surface area contributed by atoms with Gasteiger partial charge in [-0.05, 0) is 6.92 Å². The molecule has 0 saturated heterocycles. The van der Waals surface area contributed by atoms with E-state index in [1.54, 1.807) is 25.1 Å². The number of hydrogen-bond acceptors (Lipinski definition) is 3. The van der Waals surface area contributed by atoms with Crippen LogP contribution in [0.15, 0.2) is 30.3 Å². The van der Waals surface area contributed by atoms with Gasteiger partial charge in [-0.15, -0.1) is 0 Å². The largest absolute Gasteiger partial charge is 0.466 e. The van der Waals surface area contributed by atoms with E-state index in [0.717, 1.165) is 0 Å². The monoisotopic (exact) mass is 290 g/mol. The van der Waals surface area contributed by atoms with E-state index >= 15 is 0 Å². The number of alkyl halides is 3. The average molecular weight is 290 g/mol. The van der Waals surface area contributed by atoms with Crippen molar-refractivity contribution in [2.45, 2.75) is 32.9 Å². The highest BCUT2D eigenvalue weighted by Crippen LogP contribution is 2.22. The van der Waals surface area contributed by atoms with Crippen molar-refractivity contribution in [2.24, 2.45) is 0 Å². The maximum atomic E-state index is 11.8. The van der Waals surface area contributed by atoms with Crippen molar-refractivity contribution in [3.8, 4) is 0 Å². The molecule has 0 aliphatic carbocycles. The van der Waals surface area contributed by atoms with Crippen LogP contribution in [0, 0.1) is 0 Å². The number of ether oxygens (including phenoxy) is 1. The third-order valence-electron chi connectivity index (χ3n) is 2.08. The van der Waals surface area contributed by atoms with E-state index in [4.69, 9.17) is 0 Å². The summed E-state index contributed by atoms with van der Waals surface area (Å²) < 4.78 is 39.7. The summed E-state index contributed by atoms with van der Waals surface area (Å²) in [4.78, 5) is 21.0. The van der Waals surface area contributed by atoms with Crippen molar-refractivity contribution in [2.75, 3.05) is 6.61 Å². The first-order valence-electron chi connectivity index (χ1n) is 6.04. The highest BCUT2D eigenvalue weighted by molar-refractivity contribution is 5.95. The Morgan fingerprint density at radius 3 is 2.05 bits per heavy atom. The van der Waals surface area contributed by atoms with E-state index < -0.39 is 24.8 Å². The number of esters is 1. The van der Waals surface area contributed by atoms with Gasteiger partial charge in [-0.2, -0.15) is 13.2 Å². The standard InChI is InChI=1S/C10H9F3O.C4H8O2/c11-10(12,13)7-6-9(14)8-4-2-1-3-5-8;1-3-6-4(2)5/h1-5H,6-7H2;3H2,1-2H3. The number of benzene rings is 1. The number of carbonyl (C=O) groups excluding carboxylic acids is 2. The molecule has 0 unspecified atom stereocenters. The molecular formula is C14H17F3O3. The van der Waals surface area contributed by atoms with E-state index in [9.17, 15) is 22.8 Å². The Labute approximate surface area is 115 Å². The summed E-state index contributed by atoms with van der Waals surface area (Å²) >= 11 is 0. The molecule has 6 heteroatoms. The molecule has 1 aromatic carbocycles. The SMILES string of the molecule is CCOC(C)=O.O=C(CCC(F)(F)F)c1ccccc1. The molecule has 0 spiro atoms. The van der Waals surface area contributed by atoms with Crippen LogP contribution in [-0.4, -0.2) is 24.5 Å². The maximum Gasteiger partial charge on any atom is 0.389 e. The summed E-state index contributed by atoms with van der Waals surface area (Å²) in [5, 5.41) is 0. The first kappa shape index (κ1) is 18.1. The Balaban J connectivity index is 0.000000511. The highest BCUT2D eigenvalue weighted by Gasteiger charge is 2.27. The van der Waals surface area contributed by atoms with Crippen LogP contribution >= 0.6 is 0 Å². The van der Waals surface area contributed by atoms with Gasteiger partial charge >= 0.3 is 12.1 Å². The number of rotatable bonds is 4. The van der Waals surface area contributed by atoms with Crippen LogP contribution in [-0.2, 0) is 9.53 Å². The molecule has 0 aliphatic rings. The van der Waals surface area contributed by atoms with Gasteiger partial charge in [0.1, 0.15) is 0 Å². The normalized spacial score (nSPS) is 10.2. The summed E-state index contributed by atoms with van der Waals surface area (Å²) in [5.41, 5.74) is 0.330. The summed E-state index contributed by atoms with van der Waals surface area (Å²) in [7, 11) is 0. The number of hydrogen-bond donors (Lipinski definition) is 0. The smallest absolute Gasteiger partial charge is 0.389 e. The molecular weight excluding hydrogens is 273 g/mol. The lowest BCUT2D eigenvalue weighted by molar-refractivity contribution is -0.140. The number of Topliss-reactive ketones (excluding diaryl/α,β-unsaturated/α-hetero) is 1. The average Bonchev–Trinajstić information content (AvgIpc) is 2.37. The van der Waals surface area contributed by atoms with Crippen LogP contribution in [0.5, 0.6) is 0 Å². The minimum atomic E-state index is -4.26. The zero-order valence-electron chi connectivity index (χ0n) is 11.4. The number of ketones is 1. The van der Waals surface area contributed by atoms with Gasteiger partial charge in [-0.25, -0.2) is 0 Å². The fraction of sp³-hybridized carbons (Fsp3) is 0.429. The fourth-order valence-corrected chi connectivity index (χ4v) is 1.23. The summed E-state index contributed by atoms with van der Waals surface area (Å²) in [6.07, 6.45) is -5.79. The van der Waals surface area contributed by atoms with Gasteiger partial charge in [0.25, 0.3) is 0 Å². The molecule has 0 aromatic heterocycles. The van der Waals surface area contributed by atoms with E-state index in [1.807, 2.05) is 0 Å². The van der Waals surface area contributed by atoms with Crippen molar-refractivity contribution in [3.05, 3.63) is 35.9 Å². The van der Waals surface area contributed by atoms with Gasteiger partial charge in [-0.3, -0.25) is 9.59 Å². The van der Waals surface area contributed by atoms with Crippen LogP contribution in [0.3, 0.4) is 0 Å². The quantitative estimate of drug-likeness (QED) is 0.626. The van der Waals surface area contributed by atoms with Crippen molar-refractivity contribution < 1.29 is 27.5 Å². The minimum Gasteiger partial charge on any atom is -0.466 e. The van der Waals surface area contributed by atoms with Crippen molar-refractivity contribution in [3.63, 3.8) is 0 Å². The molecule has 1 rings (SSSR count). The molecule has 0 amide bonds. The molecule has 0 fully saturated rings. The van der Waals surface area contributed by atoms with Crippen LogP contribution < -0.4 is 0 Å². The molecule has 0 N–H and O–H groups in total. The second-order valence-corrected chi connectivity index (χ2v) is 3.83. The Kier molecular flexibility index (Phi) is 8.27. The molecule has 0 atom stereocenters. The van der Waals surface area contributed by atoms with Gasteiger partial charge in [-0.1, -0.05) is 30.3 Å². The highest BCUT2D eigenvalue weighted by atomic mass is 19.4. The molecule has 20 heavy (non-hydrogen) atoms. The third-order valence-corrected chi connectivity index (χ3v) is 2.08. The number of carbonyl (C=O) groups is 2. The van der Waals surface area contributed by atoms with Crippen LogP contribution in [0.4, 0.5) is 13.2 Å². The predicted molar refractivity (Wildman–Crippen MR) is 68.4 cm³/mol. The lowest BCUT2D eigenvalue weighted by Gasteiger charge is -2.04. The first-order valence-corrected chi connectivity index (χ1v) is 6.04. The molecule has 0 saturated carbocycles. The summed E-state index contributed by atoms with van der Waals surface area (Å²) in [6, 6.07) is 7.99. The van der Waals surface area contributed by atoms with E-state index in [1.165, 1.54) is 19.1 Å². The first-order chi connectivity index (χ1) is 9.26. The van der Waals surface area contributed by atoms with Crippen molar-refractivity contribution in [1.82, 2.24) is 0 Å². The zero-order chi connectivity index (χ0) is 15.6. The van der Waals surface area contributed by atoms with E-state index in [-0.39, 0.29) is 5.97 Å². The third kappa shape index (κ3) is 10.1. The van der Waals surface area contributed by atoms with Gasteiger partial charge < -0.3 is 4.74 Å². The van der Waals surface area contributed by atoms with Gasteiger partial charge in [0.2, 0.25) is 0 Å². The lowest BCUT2D eigenvalue weighted by Crippen LogP contribution is -2.10. The Morgan fingerprint density at radius 2 is 1.70 bits per heavy atom.